The topological polar surface area (TPSA) is 65.5 Å². The Balaban J connectivity index is 1.59. The van der Waals surface area contributed by atoms with Crippen molar-refractivity contribution >= 4 is 39.7 Å². The van der Waals surface area contributed by atoms with E-state index in [0.717, 1.165) is 6.42 Å². The van der Waals surface area contributed by atoms with Crippen molar-refractivity contribution in [3.63, 3.8) is 0 Å². The number of anilines is 1. The molecule has 0 radical (unpaired) electrons. The first-order valence-corrected chi connectivity index (χ1v) is 9.51. The van der Waals surface area contributed by atoms with E-state index in [1.807, 2.05) is 12.4 Å². The summed E-state index contributed by atoms with van der Waals surface area (Å²) in [6.45, 7) is 4.05. The number of carbonyl (C=O) groups excluding carboxylic acids is 2. The van der Waals surface area contributed by atoms with Crippen molar-refractivity contribution in [3.05, 3.63) is 33.0 Å². The highest BCUT2D eigenvalue weighted by molar-refractivity contribution is 7.14. The third kappa shape index (κ3) is 3.93. The van der Waals surface area contributed by atoms with Crippen molar-refractivity contribution in [2.75, 3.05) is 25.0 Å². The van der Waals surface area contributed by atoms with Crippen molar-refractivity contribution in [2.24, 2.45) is 0 Å². The van der Waals surface area contributed by atoms with Gasteiger partial charge in [0, 0.05) is 35.3 Å². The van der Waals surface area contributed by atoms with Crippen molar-refractivity contribution < 1.29 is 9.59 Å². The first-order chi connectivity index (χ1) is 11.5. The molecule has 3 heterocycles. The molecule has 0 unspecified atom stereocenters. The molecular weight excluding hydrogens is 344 g/mol. The van der Waals surface area contributed by atoms with Gasteiger partial charge in [-0.15, -0.1) is 22.7 Å². The van der Waals surface area contributed by atoms with Crippen LogP contribution in [0.3, 0.4) is 0 Å². The maximum absolute atomic E-state index is 12.4. The quantitative estimate of drug-likeness (QED) is 0.887. The Labute approximate surface area is 149 Å². The van der Waals surface area contributed by atoms with Gasteiger partial charge in [0.15, 0.2) is 5.13 Å². The second kappa shape index (κ2) is 7.31. The molecule has 0 atom stereocenters. The Kier molecular flexibility index (Phi) is 5.15. The van der Waals surface area contributed by atoms with Gasteiger partial charge in [0.25, 0.3) is 0 Å². The van der Waals surface area contributed by atoms with Crippen LogP contribution >= 0.6 is 22.7 Å². The van der Waals surface area contributed by atoms with Gasteiger partial charge in [-0.05, 0) is 25.5 Å². The summed E-state index contributed by atoms with van der Waals surface area (Å²) >= 11 is 3.11. The third-order valence-corrected chi connectivity index (χ3v) is 5.70. The van der Waals surface area contributed by atoms with Gasteiger partial charge < -0.3 is 10.2 Å². The van der Waals surface area contributed by atoms with Gasteiger partial charge in [-0.3, -0.25) is 9.69 Å². The SMILES string of the molecule is Cc1ccc(CN(C)C(=O)Cc2csc(N3CCCNC3=O)n2)s1. The second-order valence-corrected chi connectivity index (χ2v) is 8.01. The second-order valence-electron chi connectivity index (χ2n) is 5.80. The highest BCUT2D eigenvalue weighted by atomic mass is 32.1. The van der Waals surface area contributed by atoms with Crippen molar-refractivity contribution in [1.29, 1.82) is 0 Å². The van der Waals surface area contributed by atoms with Crippen LogP contribution in [0.15, 0.2) is 17.5 Å². The summed E-state index contributed by atoms with van der Waals surface area (Å²) in [4.78, 5) is 34.5. The van der Waals surface area contributed by atoms with Crippen molar-refractivity contribution in [3.8, 4) is 0 Å². The Hall–Kier alpha value is -1.93. The summed E-state index contributed by atoms with van der Waals surface area (Å²) in [5.74, 6) is 0.0287. The maximum Gasteiger partial charge on any atom is 0.323 e. The fraction of sp³-hybridized carbons (Fsp3) is 0.438. The maximum atomic E-state index is 12.4. The summed E-state index contributed by atoms with van der Waals surface area (Å²) < 4.78 is 0. The molecule has 1 fully saturated rings. The molecular formula is C16H20N4O2S2. The van der Waals surface area contributed by atoms with E-state index in [1.165, 1.54) is 21.1 Å². The van der Waals surface area contributed by atoms with E-state index in [1.54, 1.807) is 21.1 Å². The van der Waals surface area contributed by atoms with E-state index in [-0.39, 0.29) is 18.4 Å². The molecule has 1 N–H and O–H groups in total. The van der Waals surface area contributed by atoms with Crippen LogP contribution in [0.4, 0.5) is 9.93 Å². The van der Waals surface area contributed by atoms with Crippen molar-refractivity contribution in [1.82, 2.24) is 15.2 Å². The molecule has 0 aliphatic carbocycles. The summed E-state index contributed by atoms with van der Waals surface area (Å²) in [6, 6.07) is 4.01. The number of carbonyl (C=O) groups is 2. The zero-order valence-electron chi connectivity index (χ0n) is 13.7. The van der Waals surface area contributed by atoms with Crippen LogP contribution in [0.25, 0.3) is 0 Å². The molecule has 0 bridgehead atoms. The summed E-state index contributed by atoms with van der Waals surface area (Å²) in [5.41, 5.74) is 0.715. The Bertz CT molecular complexity index is 740. The first kappa shape index (κ1) is 16.9. The Morgan fingerprint density at radius 2 is 2.29 bits per heavy atom. The van der Waals surface area contributed by atoms with E-state index < -0.39 is 0 Å². The monoisotopic (exact) mass is 364 g/mol. The first-order valence-electron chi connectivity index (χ1n) is 7.82. The minimum atomic E-state index is -0.112. The fourth-order valence-electron chi connectivity index (χ4n) is 2.50. The van der Waals surface area contributed by atoms with Gasteiger partial charge in [0.2, 0.25) is 5.91 Å². The number of thiophene rings is 1. The zero-order chi connectivity index (χ0) is 17.1. The average Bonchev–Trinajstić information content (AvgIpc) is 3.17. The normalized spacial score (nSPS) is 14.6. The number of hydrogen-bond donors (Lipinski definition) is 1. The molecule has 0 spiro atoms. The van der Waals surface area contributed by atoms with Crippen LogP contribution in [0.2, 0.25) is 0 Å². The number of urea groups is 1. The lowest BCUT2D eigenvalue weighted by Gasteiger charge is -2.24. The molecule has 3 rings (SSSR count). The number of nitrogens with zero attached hydrogens (tertiary/aromatic N) is 3. The zero-order valence-corrected chi connectivity index (χ0v) is 15.4. The van der Waals surface area contributed by atoms with E-state index in [4.69, 9.17) is 0 Å². The standard InChI is InChI=1S/C16H20N4O2S2/c1-11-4-5-13(24-11)9-19(2)14(21)8-12-10-23-16(18-12)20-7-3-6-17-15(20)22/h4-5,10H,3,6-9H2,1-2H3,(H,17,22). The van der Waals surface area contributed by atoms with E-state index in [2.05, 4.69) is 29.4 Å². The Morgan fingerprint density at radius 3 is 3.00 bits per heavy atom. The summed E-state index contributed by atoms with van der Waals surface area (Å²) in [5, 5.41) is 5.33. The van der Waals surface area contributed by atoms with Crippen LogP contribution in [0.5, 0.6) is 0 Å². The molecule has 3 amide bonds. The fourth-order valence-corrected chi connectivity index (χ4v) is 4.29. The lowest BCUT2D eigenvalue weighted by atomic mass is 10.3. The average molecular weight is 364 g/mol. The molecule has 1 aliphatic rings. The molecule has 2 aromatic heterocycles. The van der Waals surface area contributed by atoms with E-state index in [9.17, 15) is 9.59 Å². The van der Waals surface area contributed by atoms with Gasteiger partial charge in [0.1, 0.15) is 0 Å². The van der Waals surface area contributed by atoms with Gasteiger partial charge in [-0.2, -0.15) is 0 Å². The van der Waals surface area contributed by atoms with Gasteiger partial charge in [-0.25, -0.2) is 9.78 Å². The number of thiazole rings is 1. The molecule has 0 aromatic carbocycles. The summed E-state index contributed by atoms with van der Waals surface area (Å²) in [7, 11) is 1.81. The number of likely N-dealkylation sites (N-methyl/N-ethyl adjacent to an activating group) is 1. The molecule has 1 aliphatic heterocycles. The highest BCUT2D eigenvalue weighted by Crippen LogP contribution is 2.23. The van der Waals surface area contributed by atoms with Crippen LogP contribution < -0.4 is 10.2 Å². The molecule has 1 saturated heterocycles. The smallest absolute Gasteiger partial charge is 0.323 e. The third-order valence-electron chi connectivity index (χ3n) is 3.80. The number of rotatable bonds is 5. The lowest BCUT2D eigenvalue weighted by Crippen LogP contribution is -2.46. The molecule has 6 nitrogen and oxygen atoms in total. The number of amides is 3. The van der Waals surface area contributed by atoms with Crippen LogP contribution in [0.1, 0.15) is 21.9 Å². The summed E-state index contributed by atoms with van der Waals surface area (Å²) in [6.07, 6.45) is 1.16. The molecule has 0 saturated carbocycles. The Morgan fingerprint density at radius 1 is 1.46 bits per heavy atom. The predicted octanol–water partition coefficient (Wildman–Crippen LogP) is 2.63. The molecule has 128 valence electrons. The van der Waals surface area contributed by atoms with Crippen LogP contribution in [-0.2, 0) is 17.8 Å². The van der Waals surface area contributed by atoms with Gasteiger partial charge in [-0.1, -0.05) is 0 Å². The largest absolute Gasteiger partial charge is 0.340 e. The predicted molar refractivity (Wildman–Crippen MR) is 96.7 cm³/mol. The van der Waals surface area contributed by atoms with Crippen molar-refractivity contribution in [2.45, 2.75) is 26.3 Å². The van der Waals surface area contributed by atoms with E-state index in [0.29, 0.717) is 30.5 Å². The lowest BCUT2D eigenvalue weighted by molar-refractivity contribution is -0.129. The van der Waals surface area contributed by atoms with Crippen LogP contribution in [0, 0.1) is 6.92 Å². The number of aromatic nitrogens is 1. The van der Waals surface area contributed by atoms with Gasteiger partial charge >= 0.3 is 6.03 Å². The number of hydrogen-bond acceptors (Lipinski definition) is 5. The molecule has 24 heavy (non-hydrogen) atoms. The van der Waals surface area contributed by atoms with E-state index >= 15 is 0 Å². The minimum Gasteiger partial charge on any atom is -0.340 e. The molecule has 2 aromatic rings. The highest BCUT2D eigenvalue weighted by Gasteiger charge is 2.22. The number of aryl methyl sites for hydroxylation is 1. The van der Waals surface area contributed by atoms with Gasteiger partial charge in [0.05, 0.1) is 18.7 Å². The molecule has 8 heteroatoms. The number of nitrogens with one attached hydrogen (secondary N) is 1. The minimum absolute atomic E-state index is 0.0287. The van der Waals surface area contributed by atoms with Crippen LogP contribution in [-0.4, -0.2) is 42.0 Å².